The predicted molar refractivity (Wildman–Crippen MR) is 120 cm³/mol. The maximum Gasteiger partial charge on any atom is 0.0235 e. The lowest BCUT2D eigenvalue weighted by molar-refractivity contribution is 1.15. The summed E-state index contributed by atoms with van der Waals surface area (Å²) >= 11 is 21.3. The normalized spacial score (nSPS) is 14.5. The molecule has 0 saturated heterocycles. The van der Waals surface area contributed by atoms with Crippen LogP contribution in [0.2, 0.25) is 0 Å². The molecule has 2 unspecified atom stereocenters. The summed E-state index contributed by atoms with van der Waals surface area (Å²) in [5.41, 5.74) is 0. The lowest BCUT2D eigenvalue weighted by atomic mass is 10.5. The average molecular weight is 431 g/mol. The molecule has 0 nitrogen and oxygen atoms in total. The second kappa shape index (κ2) is 17.5. The van der Waals surface area contributed by atoms with E-state index in [1.165, 1.54) is 0 Å². The van der Waals surface area contributed by atoms with Gasteiger partial charge in [-0.15, -0.1) is 0 Å². The molecule has 9 heteroatoms. The highest BCUT2D eigenvalue weighted by Gasteiger charge is 2.09. The molecule has 0 aromatic rings. The summed E-state index contributed by atoms with van der Waals surface area (Å²) in [6.45, 7) is 0. The van der Waals surface area contributed by atoms with Crippen molar-refractivity contribution in [3.63, 3.8) is 0 Å². The van der Waals surface area contributed by atoms with Crippen LogP contribution in [0.5, 0.6) is 0 Å². The molecule has 0 saturated carbocycles. The van der Waals surface area contributed by atoms with Gasteiger partial charge >= 0.3 is 0 Å². The Morgan fingerprint density at radius 1 is 0.684 bits per heavy atom. The molecule has 2 atom stereocenters. The minimum atomic E-state index is 0.646. The molecule has 0 spiro atoms. The van der Waals surface area contributed by atoms with Gasteiger partial charge in [0, 0.05) is 45.0 Å². The first-order valence-corrected chi connectivity index (χ1v) is 14.3. The first kappa shape index (κ1) is 22.1. The summed E-state index contributed by atoms with van der Waals surface area (Å²) < 4.78 is 0. The quantitative estimate of drug-likeness (QED) is 0.174. The van der Waals surface area contributed by atoms with Gasteiger partial charge in [0.15, 0.2) is 0 Å². The lowest BCUT2D eigenvalue weighted by Crippen LogP contribution is -2.09. The second-order valence-corrected chi connectivity index (χ2v) is 12.2. The van der Waals surface area contributed by atoms with Gasteiger partial charge in [-0.1, -0.05) is 21.6 Å². The van der Waals surface area contributed by atoms with Crippen molar-refractivity contribution in [1.29, 1.82) is 0 Å². The summed E-state index contributed by atoms with van der Waals surface area (Å²) in [6, 6.07) is 0. The summed E-state index contributed by atoms with van der Waals surface area (Å²) in [6.07, 6.45) is 0. The van der Waals surface area contributed by atoms with Crippen LogP contribution in [0.1, 0.15) is 0 Å². The fourth-order valence-corrected chi connectivity index (χ4v) is 9.50. The Balaban J connectivity index is 3.50. The van der Waals surface area contributed by atoms with Crippen LogP contribution in [-0.4, -0.2) is 56.5 Å². The molecule has 0 aliphatic rings. The summed E-state index contributed by atoms with van der Waals surface area (Å²) in [5.74, 6) is 8.37. The Hall–Kier alpha value is 3.15. The van der Waals surface area contributed by atoms with Crippen LogP contribution in [0, 0.1) is 0 Å². The standard InChI is InChI=1S/C10H22S9/c11-1-3-15-9(5-13)7-17-19-18-8-10(6-14)16-4-2-12/h9-14H,1-8H2. The van der Waals surface area contributed by atoms with Gasteiger partial charge in [-0.3, -0.25) is 0 Å². The lowest BCUT2D eigenvalue weighted by Gasteiger charge is -2.14. The van der Waals surface area contributed by atoms with E-state index in [1.54, 1.807) is 0 Å². The topological polar surface area (TPSA) is 0 Å². The average Bonchev–Trinajstić information content (AvgIpc) is 2.45. The molecule has 0 aromatic carbocycles. The van der Waals surface area contributed by atoms with Crippen LogP contribution in [0.3, 0.4) is 0 Å². The third kappa shape index (κ3) is 14.5. The van der Waals surface area contributed by atoms with Gasteiger partial charge in [0.05, 0.1) is 0 Å². The molecular weight excluding hydrogens is 409 g/mol. The van der Waals surface area contributed by atoms with Crippen LogP contribution >= 0.6 is 105 Å². The van der Waals surface area contributed by atoms with Gasteiger partial charge in [-0.25, -0.2) is 0 Å². The van der Waals surface area contributed by atoms with Gasteiger partial charge in [-0.2, -0.15) is 74.0 Å². The Morgan fingerprint density at radius 3 is 1.42 bits per heavy atom. The van der Waals surface area contributed by atoms with Crippen molar-refractivity contribution in [2.45, 2.75) is 10.5 Å². The summed E-state index contributed by atoms with van der Waals surface area (Å²) in [4.78, 5) is 0. The highest BCUT2D eigenvalue weighted by Crippen LogP contribution is 2.38. The van der Waals surface area contributed by atoms with E-state index in [4.69, 9.17) is 0 Å². The molecular formula is C10H22S9. The highest BCUT2D eigenvalue weighted by molar-refractivity contribution is 9.09. The van der Waals surface area contributed by atoms with E-state index in [0.29, 0.717) is 10.5 Å². The van der Waals surface area contributed by atoms with Crippen molar-refractivity contribution < 1.29 is 0 Å². The Kier molecular flexibility index (Phi) is 20.4. The van der Waals surface area contributed by atoms with Crippen LogP contribution in [-0.2, 0) is 0 Å². The summed E-state index contributed by atoms with van der Waals surface area (Å²) in [7, 11) is 5.80. The first-order valence-electron chi connectivity index (χ1n) is 5.86. The maximum atomic E-state index is 4.40. The fourth-order valence-electron chi connectivity index (χ4n) is 0.987. The minimum absolute atomic E-state index is 0.646. The zero-order chi connectivity index (χ0) is 14.3. The smallest absolute Gasteiger partial charge is 0.0235 e. The van der Waals surface area contributed by atoms with Crippen molar-refractivity contribution in [3.05, 3.63) is 0 Å². The van der Waals surface area contributed by atoms with Gasteiger partial charge in [0.2, 0.25) is 0 Å². The molecule has 0 aliphatic heterocycles. The molecule has 0 radical (unpaired) electrons. The molecule has 0 rings (SSSR count). The van der Waals surface area contributed by atoms with E-state index in [-0.39, 0.29) is 0 Å². The van der Waals surface area contributed by atoms with Gasteiger partial charge in [0.1, 0.15) is 0 Å². The van der Waals surface area contributed by atoms with Crippen molar-refractivity contribution >= 4 is 105 Å². The number of hydrogen-bond acceptors (Lipinski definition) is 9. The Labute approximate surface area is 160 Å². The monoisotopic (exact) mass is 430 g/mol. The van der Waals surface area contributed by atoms with E-state index in [1.807, 2.05) is 54.9 Å². The molecule has 0 aliphatic carbocycles. The molecule has 0 bridgehead atoms. The predicted octanol–water partition coefficient (Wildman–Crippen LogP) is 4.94. The fraction of sp³-hybridized carbons (Fsp3) is 1.00. The van der Waals surface area contributed by atoms with Crippen LogP contribution in [0.4, 0.5) is 0 Å². The van der Waals surface area contributed by atoms with E-state index in [2.05, 4.69) is 50.5 Å². The number of hydrogen-bond donors (Lipinski definition) is 4. The van der Waals surface area contributed by atoms with Crippen molar-refractivity contribution in [2.24, 2.45) is 0 Å². The van der Waals surface area contributed by atoms with Crippen LogP contribution in [0.25, 0.3) is 0 Å². The van der Waals surface area contributed by atoms with Gasteiger partial charge < -0.3 is 0 Å². The third-order valence-corrected chi connectivity index (χ3v) is 11.6. The van der Waals surface area contributed by atoms with Gasteiger partial charge in [0.25, 0.3) is 0 Å². The van der Waals surface area contributed by atoms with Crippen molar-refractivity contribution in [1.82, 2.24) is 0 Å². The minimum Gasteiger partial charge on any atom is -0.179 e. The molecule has 19 heavy (non-hydrogen) atoms. The third-order valence-electron chi connectivity index (χ3n) is 1.90. The van der Waals surface area contributed by atoms with Crippen molar-refractivity contribution in [3.8, 4) is 0 Å². The van der Waals surface area contributed by atoms with Crippen LogP contribution in [0.15, 0.2) is 0 Å². The Bertz CT molecular complexity index is 162. The zero-order valence-electron chi connectivity index (χ0n) is 10.6. The second-order valence-electron chi connectivity index (χ2n) is 3.44. The van der Waals surface area contributed by atoms with Crippen LogP contribution < -0.4 is 0 Å². The Morgan fingerprint density at radius 2 is 1.11 bits per heavy atom. The maximum absolute atomic E-state index is 4.40. The molecule has 0 N–H and O–H groups in total. The number of rotatable bonds is 14. The molecule has 0 heterocycles. The van der Waals surface area contributed by atoms with E-state index < -0.39 is 0 Å². The number of thiol groups is 4. The van der Waals surface area contributed by atoms with Crippen molar-refractivity contribution in [2.75, 3.05) is 46.0 Å². The SMILES string of the molecule is SCCSC(CS)CSSSCC(CS)SCCS. The van der Waals surface area contributed by atoms with E-state index in [9.17, 15) is 0 Å². The highest BCUT2D eigenvalue weighted by atomic mass is 33.5. The summed E-state index contributed by atoms with van der Waals surface area (Å²) in [5, 5.41) is 1.29. The number of thioether (sulfide) groups is 2. The first-order chi connectivity index (χ1) is 9.28. The van der Waals surface area contributed by atoms with E-state index >= 15 is 0 Å². The van der Waals surface area contributed by atoms with E-state index in [0.717, 1.165) is 46.0 Å². The molecule has 0 fully saturated rings. The van der Waals surface area contributed by atoms with Gasteiger partial charge in [-0.05, 0) is 21.3 Å². The molecule has 0 aromatic heterocycles. The zero-order valence-corrected chi connectivity index (χ0v) is 18.3. The molecule has 0 amide bonds. The largest absolute Gasteiger partial charge is 0.179 e. The molecule has 116 valence electrons.